The Morgan fingerprint density at radius 3 is 2.68 bits per heavy atom. The first-order chi connectivity index (χ1) is 9.38. The van der Waals surface area contributed by atoms with Gasteiger partial charge in [0.2, 0.25) is 0 Å². The van der Waals surface area contributed by atoms with Crippen LogP contribution in [0.25, 0.3) is 0 Å². The van der Waals surface area contributed by atoms with Crippen molar-refractivity contribution in [3.63, 3.8) is 0 Å². The van der Waals surface area contributed by atoms with E-state index in [1.807, 2.05) is 0 Å². The number of hydroxylamine groups is 2. The minimum absolute atomic E-state index is 0.134. The molecule has 96 valence electrons. The Kier molecular flexibility index (Phi) is 2.47. The molecule has 0 bridgehead atoms. The van der Waals surface area contributed by atoms with Gasteiger partial charge in [-0.1, -0.05) is 54.6 Å². The Labute approximate surface area is 113 Å². The summed E-state index contributed by atoms with van der Waals surface area (Å²) in [7, 11) is 0. The van der Waals surface area contributed by atoms with Crippen LogP contribution in [0.1, 0.15) is 29.5 Å². The third kappa shape index (κ3) is 1.79. The van der Waals surface area contributed by atoms with Gasteiger partial charge < -0.3 is 0 Å². The second kappa shape index (κ2) is 4.19. The van der Waals surface area contributed by atoms with Gasteiger partial charge in [0, 0.05) is 5.56 Å². The first-order valence-electron chi connectivity index (χ1n) is 6.98. The number of benzene rings is 2. The highest BCUT2D eigenvalue weighted by atomic mass is 16.9. The van der Waals surface area contributed by atoms with Crippen LogP contribution in [-0.4, -0.2) is 5.06 Å². The Hall–Kier alpha value is -1.64. The standard InChI is InChI=1S/C17H17NO/c1-2-7-14(8-3-1)13-18-17(19-18)12-6-10-15-9-4-5-11-16(15)17/h1-5,7-9,11H,6,10,12-13H2. The monoisotopic (exact) mass is 251 g/mol. The molecule has 0 N–H and O–H groups in total. The molecule has 2 unspecified atom stereocenters. The predicted octanol–water partition coefficient (Wildman–Crippen LogP) is 3.62. The molecule has 0 amide bonds. The first-order valence-corrected chi connectivity index (χ1v) is 6.98. The number of hydrogen-bond acceptors (Lipinski definition) is 2. The minimum atomic E-state index is -0.134. The summed E-state index contributed by atoms with van der Waals surface area (Å²) in [4.78, 5) is 6.01. The minimum Gasteiger partial charge on any atom is -0.266 e. The largest absolute Gasteiger partial charge is 0.266 e. The zero-order valence-corrected chi connectivity index (χ0v) is 10.9. The van der Waals surface area contributed by atoms with Crippen molar-refractivity contribution >= 4 is 0 Å². The van der Waals surface area contributed by atoms with Gasteiger partial charge in [-0.05, 0) is 30.4 Å². The molecule has 1 fully saturated rings. The fourth-order valence-electron chi connectivity index (χ4n) is 3.20. The number of rotatable bonds is 2. The molecule has 1 spiro atoms. The van der Waals surface area contributed by atoms with Crippen LogP contribution in [0.15, 0.2) is 54.6 Å². The van der Waals surface area contributed by atoms with Crippen LogP contribution in [0, 0.1) is 0 Å². The highest BCUT2D eigenvalue weighted by Crippen LogP contribution is 2.52. The van der Waals surface area contributed by atoms with Crippen molar-refractivity contribution in [2.24, 2.45) is 0 Å². The maximum absolute atomic E-state index is 6.01. The molecule has 1 saturated heterocycles. The molecule has 2 nitrogen and oxygen atoms in total. The number of nitrogens with zero attached hydrogens (tertiary/aromatic N) is 1. The Morgan fingerprint density at radius 1 is 1.00 bits per heavy atom. The lowest BCUT2D eigenvalue weighted by atomic mass is 9.86. The summed E-state index contributed by atoms with van der Waals surface area (Å²) >= 11 is 0. The van der Waals surface area contributed by atoms with Crippen LogP contribution in [-0.2, 0) is 23.5 Å². The van der Waals surface area contributed by atoms with E-state index in [0.29, 0.717) is 0 Å². The fraction of sp³-hybridized carbons (Fsp3) is 0.294. The van der Waals surface area contributed by atoms with Gasteiger partial charge in [-0.3, -0.25) is 4.84 Å². The maximum Gasteiger partial charge on any atom is 0.190 e. The van der Waals surface area contributed by atoms with Crippen molar-refractivity contribution in [2.45, 2.75) is 31.5 Å². The zero-order valence-electron chi connectivity index (χ0n) is 10.9. The molecule has 2 atom stereocenters. The van der Waals surface area contributed by atoms with Gasteiger partial charge in [0.05, 0.1) is 6.54 Å². The normalized spacial score (nSPS) is 28.1. The van der Waals surface area contributed by atoms with E-state index in [4.69, 9.17) is 4.84 Å². The Balaban J connectivity index is 1.61. The third-order valence-corrected chi connectivity index (χ3v) is 4.20. The molecule has 0 radical (unpaired) electrons. The van der Waals surface area contributed by atoms with E-state index in [0.717, 1.165) is 13.0 Å². The average Bonchev–Trinajstić information content (AvgIpc) is 3.14. The molecule has 0 aromatic heterocycles. The summed E-state index contributed by atoms with van der Waals surface area (Å²) in [6.45, 7) is 0.870. The van der Waals surface area contributed by atoms with Crippen LogP contribution in [0.4, 0.5) is 0 Å². The van der Waals surface area contributed by atoms with Gasteiger partial charge in [-0.25, -0.2) is 0 Å². The summed E-state index contributed by atoms with van der Waals surface area (Å²) in [5.74, 6) is 0. The molecule has 1 aliphatic carbocycles. The van der Waals surface area contributed by atoms with Crippen LogP contribution in [0.3, 0.4) is 0 Å². The molecule has 1 aliphatic heterocycles. The first kappa shape index (κ1) is 11.2. The van der Waals surface area contributed by atoms with Crippen LogP contribution < -0.4 is 0 Å². The topological polar surface area (TPSA) is 15.5 Å². The molecule has 1 heterocycles. The van der Waals surface area contributed by atoms with Crippen molar-refractivity contribution < 1.29 is 4.84 Å². The van der Waals surface area contributed by atoms with E-state index < -0.39 is 0 Å². The average molecular weight is 251 g/mol. The molecule has 0 saturated carbocycles. The van der Waals surface area contributed by atoms with Crippen LogP contribution >= 0.6 is 0 Å². The van der Waals surface area contributed by atoms with Crippen molar-refractivity contribution in [1.29, 1.82) is 0 Å². The van der Waals surface area contributed by atoms with E-state index in [9.17, 15) is 0 Å². The second-order valence-corrected chi connectivity index (χ2v) is 5.41. The van der Waals surface area contributed by atoms with E-state index in [2.05, 4.69) is 59.7 Å². The maximum atomic E-state index is 6.01. The second-order valence-electron chi connectivity index (χ2n) is 5.41. The molecule has 2 aromatic carbocycles. The van der Waals surface area contributed by atoms with Crippen molar-refractivity contribution in [3.05, 3.63) is 71.3 Å². The van der Waals surface area contributed by atoms with Crippen molar-refractivity contribution in [1.82, 2.24) is 5.06 Å². The Morgan fingerprint density at radius 2 is 1.79 bits per heavy atom. The lowest BCUT2D eigenvalue weighted by Crippen LogP contribution is -2.22. The molecule has 19 heavy (non-hydrogen) atoms. The van der Waals surface area contributed by atoms with E-state index in [1.165, 1.54) is 29.5 Å². The lowest BCUT2D eigenvalue weighted by Gasteiger charge is -2.22. The summed E-state index contributed by atoms with van der Waals surface area (Å²) in [5, 5.41) is 2.14. The summed E-state index contributed by atoms with van der Waals surface area (Å²) in [6, 6.07) is 19.2. The van der Waals surface area contributed by atoms with Gasteiger partial charge in [0.15, 0.2) is 5.72 Å². The molecule has 2 aliphatic rings. The molecule has 2 heteroatoms. The highest BCUT2D eigenvalue weighted by Gasteiger charge is 2.57. The van der Waals surface area contributed by atoms with Gasteiger partial charge in [-0.15, -0.1) is 5.06 Å². The summed E-state index contributed by atoms with van der Waals surface area (Å²) in [6.07, 6.45) is 3.50. The Bertz CT molecular complexity index is 595. The van der Waals surface area contributed by atoms with E-state index >= 15 is 0 Å². The predicted molar refractivity (Wildman–Crippen MR) is 74.1 cm³/mol. The molecular weight excluding hydrogens is 234 g/mol. The number of aryl methyl sites for hydroxylation is 1. The third-order valence-electron chi connectivity index (χ3n) is 4.20. The van der Waals surface area contributed by atoms with E-state index in [1.54, 1.807) is 0 Å². The van der Waals surface area contributed by atoms with Crippen molar-refractivity contribution in [3.8, 4) is 0 Å². The highest BCUT2D eigenvalue weighted by molar-refractivity contribution is 5.36. The van der Waals surface area contributed by atoms with Gasteiger partial charge in [-0.2, -0.15) is 0 Å². The molecule has 4 rings (SSSR count). The lowest BCUT2D eigenvalue weighted by molar-refractivity contribution is 0.184. The molecule has 2 aromatic rings. The summed E-state index contributed by atoms with van der Waals surface area (Å²) < 4.78 is 0. The fourth-order valence-corrected chi connectivity index (χ4v) is 3.20. The van der Waals surface area contributed by atoms with Crippen molar-refractivity contribution in [2.75, 3.05) is 0 Å². The summed E-state index contributed by atoms with van der Waals surface area (Å²) in [5.41, 5.74) is 3.99. The smallest absolute Gasteiger partial charge is 0.190 e. The van der Waals surface area contributed by atoms with Crippen LogP contribution in [0.5, 0.6) is 0 Å². The number of hydrogen-bond donors (Lipinski definition) is 0. The van der Waals surface area contributed by atoms with Gasteiger partial charge in [0.25, 0.3) is 0 Å². The van der Waals surface area contributed by atoms with Gasteiger partial charge in [0.1, 0.15) is 0 Å². The van der Waals surface area contributed by atoms with Crippen LogP contribution in [0.2, 0.25) is 0 Å². The SMILES string of the molecule is c1ccc(CN2OC23CCCc2ccccc23)cc1. The number of fused-ring (bicyclic) bond motifs is 2. The van der Waals surface area contributed by atoms with E-state index in [-0.39, 0.29) is 5.72 Å². The quantitative estimate of drug-likeness (QED) is 0.757. The van der Waals surface area contributed by atoms with Gasteiger partial charge >= 0.3 is 0 Å². The molecular formula is C17H17NO. The zero-order chi connectivity index (χ0) is 12.7.